The molecule has 3 N–H and O–H groups in total. The summed E-state index contributed by atoms with van der Waals surface area (Å²) in [5, 5.41) is 27.8. The Bertz CT molecular complexity index is 1620. The Hall–Kier alpha value is -3.80. The van der Waals surface area contributed by atoms with Gasteiger partial charge in [-0.2, -0.15) is 18.3 Å². The third kappa shape index (κ3) is 6.33. The maximum atomic E-state index is 14.4. The van der Waals surface area contributed by atoms with E-state index in [0.717, 1.165) is 4.90 Å². The van der Waals surface area contributed by atoms with Crippen molar-refractivity contribution < 1.29 is 33.0 Å². The first-order valence-corrected chi connectivity index (χ1v) is 13.6. The van der Waals surface area contributed by atoms with Gasteiger partial charge in [0, 0.05) is 17.6 Å². The fourth-order valence-electron chi connectivity index (χ4n) is 4.58. The number of rotatable bonds is 10. The lowest BCUT2D eigenvalue weighted by Gasteiger charge is -2.36. The number of amides is 1. The number of aromatic nitrogens is 2. The number of carboxylic acid groups (broad SMARTS) is 1. The molecule has 8 nitrogen and oxygen atoms in total. The Morgan fingerprint density at radius 3 is 2.36 bits per heavy atom. The summed E-state index contributed by atoms with van der Waals surface area (Å²) in [5.41, 5.74) is -1.57. The largest absolute Gasteiger partial charge is 0.478 e. The lowest BCUT2D eigenvalue weighted by atomic mass is 10.0. The molecule has 42 heavy (non-hydrogen) atoms. The molecule has 0 bridgehead atoms. The van der Waals surface area contributed by atoms with Gasteiger partial charge < -0.3 is 20.4 Å². The number of alkyl halides is 3. The normalized spacial score (nSPS) is 13.1. The van der Waals surface area contributed by atoms with E-state index in [0.29, 0.717) is 28.6 Å². The molecule has 0 radical (unpaired) electrons. The van der Waals surface area contributed by atoms with Crippen molar-refractivity contribution in [2.24, 2.45) is 0 Å². The second-order valence-electron chi connectivity index (χ2n) is 9.86. The second kappa shape index (κ2) is 12.2. The van der Waals surface area contributed by atoms with Gasteiger partial charge in [0.2, 0.25) is 0 Å². The molecule has 0 aliphatic rings. The summed E-state index contributed by atoms with van der Waals surface area (Å²) in [6, 6.07) is 13.8. The van der Waals surface area contributed by atoms with Crippen LogP contribution in [-0.4, -0.2) is 68.2 Å². The average Bonchev–Trinajstić information content (AvgIpc) is 3.34. The number of aliphatic hydroxyl groups is 1. The molecule has 1 unspecified atom stereocenters. The third-order valence-corrected chi connectivity index (χ3v) is 7.31. The van der Waals surface area contributed by atoms with E-state index in [1.165, 1.54) is 41.2 Å². The highest BCUT2D eigenvalue weighted by Gasteiger charge is 2.55. The number of hydrogen-bond acceptors (Lipinski definition) is 5. The van der Waals surface area contributed by atoms with Crippen LogP contribution in [0.25, 0.3) is 16.6 Å². The Morgan fingerprint density at radius 2 is 1.74 bits per heavy atom. The van der Waals surface area contributed by atoms with Gasteiger partial charge in [-0.3, -0.25) is 4.79 Å². The van der Waals surface area contributed by atoms with Crippen LogP contribution in [0.2, 0.25) is 10.0 Å². The Morgan fingerprint density at radius 1 is 1.07 bits per heavy atom. The highest BCUT2D eigenvalue weighted by molar-refractivity contribution is 6.39. The van der Waals surface area contributed by atoms with Gasteiger partial charge in [0.1, 0.15) is 0 Å². The summed E-state index contributed by atoms with van der Waals surface area (Å²) >= 11 is 12.3. The highest BCUT2D eigenvalue weighted by Crippen LogP contribution is 2.35. The van der Waals surface area contributed by atoms with E-state index >= 15 is 0 Å². The summed E-state index contributed by atoms with van der Waals surface area (Å²) in [5.74, 6) is -1.95. The zero-order valence-electron chi connectivity index (χ0n) is 22.5. The standard InChI is InChI=1S/C29H27Cl2F3N4O4/c1-3-10-37(26(39)25-21(30)8-5-9-22(25)31)16-28(42,29(32,33)34)15-35-23-11-17(2)12-24-20(23)14-36-38(24)19-7-4-6-18(13-19)27(40)41/h4-9,11-14,35,42H,3,10,15-16H2,1-2H3,(H,40,41). The van der Waals surface area contributed by atoms with Gasteiger partial charge in [-0.15, -0.1) is 0 Å². The van der Waals surface area contributed by atoms with E-state index in [1.807, 2.05) is 0 Å². The molecule has 4 rings (SSSR count). The summed E-state index contributed by atoms with van der Waals surface area (Å²) < 4.78 is 44.7. The van der Waals surface area contributed by atoms with Crippen LogP contribution >= 0.6 is 23.2 Å². The van der Waals surface area contributed by atoms with Gasteiger partial charge in [0.15, 0.2) is 5.60 Å². The molecule has 0 saturated heterocycles. The minimum absolute atomic E-state index is 0.0182. The molecule has 0 aliphatic heterocycles. The molecule has 222 valence electrons. The molecule has 0 saturated carbocycles. The molecular formula is C29H27Cl2F3N4O4. The van der Waals surface area contributed by atoms with Crippen molar-refractivity contribution in [1.29, 1.82) is 0 Å². The molecular weight excluding hydrogens is 596 g/mol. The minimum atomic E-state index is -5.12. The highest BCUT2D eigenvalue weighted by atomic mass is 35.5. The molecule has 1 atom stereocenters. The Kier molecular flexibility index (Phi) is 9.05. The topological polar surface area (TPSA) is 108 Å². The lowest BCUT2D eigenvalue weighted by molar-refractivity contribution is -0.257. The first-order valence-electron chi connectivity index (χ1n) is 12.8. The molecule has 0 fully saturated rings. The number of carbonyl (C=O) groups excluding carboxylic acids is 1. The molecule has 1 amide bonds. The number of carboxylic acids is 1. The summed E-state index contributed by atoms with van der Waals surface area (Å²) in [7, 11) is 0. The predicted molar refractivity (Wildman–Crippen MR) is 155 cm³/mol. The number of benzene rings is 3. The van der Waals surface area contributed by atoms with Crippen LogP contribution < -0.4 is 5.32 Å². The molecule has 1 heterocycles. The second-order valence-corrected chi connectivity index (χ2v) is 10.7. The summed E-state index contributed by atoms with van der Waals surface area (Å²) in [6.07, 6.45) is -3.37. The van der Waals surface area contributed by atoms with Gasteiger partial charge in [-0.05, 0) is 61.4 Å². The first kappa shape index (κ1) is 31.1. The van der Waals surface area contributed by atoms with E-state index in [9.17, 15) is 33.0 Å². The average molecular weight is 623 g/mol. The molecule has 0 spiro atoms. The molecule has 1 aromatic heterocycles. The van der Waals surface area contributed by atoms with Gasteiger partial charge in [-0.25, -0.2) is 9.48 Å². The van der Waals surface area contributed by atoms with E-state index in [2.05, 4.69) is 10.4 Å². The van der Waals surface area contributed by atoms with E-state index in [1.54, 1.807) is 38.1 Å². The van der Waals surface area contributed by atoms with Crippen LogP contribution in [0.3, 0.4) is 0 Å². The SMILES string of the molecule is CCCN(CC(O)(CNc1cc(C)cc2c1cnn2-c1cccc(C(=O)O)c1)C(F)(F)F)C(=O)c1c(Cl)cccc1Cl. The number of halogens is 5. The maximum absolute atomic E-state index is 14.4. The number of nitrogens with one attached hydrogen (secondary N) is 1. The number of aromatic carboxylic acids is 1. The first-order chi connectivity index (χ1) is 19.8. The van der Waals surface area contributed by atoms with Gasteiger partial charge in [0.05, 0.1) is 51.7 Å². The lowest BCUT2D eigenvalue weighted by Crippen LogP contribution is -2.58. The van der Waals surface area contributed by atoms with Crippen molar-refractivity contribution >= 4 is 51.7 Å². The van der Waals surface area contributed by atoms with Crippen molar-refractivity contribution in [2.75, 3.05) is 25.0 Å². The van der Waals surface area contributed by atoms with Crippen molar-refractivity contribution in [1.82, 2.24) is 14.7 Å². The summed E-state index contributed by atoms with van der Waals surface area (Å²) in [4.78, 5) is 25.6. The van der Waals surface area contributed by atoms with E-state index in [4.69, 9.17) is 23.2 Å². The van der Waals surface area contributed by atoms with Crippen LogP contribution in [0.4, 0.5) is 18.9 Å². The number of hydrogen-bond donors (Lipinski definition) is 3. The number of aryl methyl sites for hydroxylation is 1. The third-order valence-electron chi connectivity index (χ3n) is 6.68. The van der Waals surface area contributed by atoms with E-state index < -0.39 is 36.7 Å². The van der Waals surface area contributed by atoms with E-state index in [-0.39, 0.29) is 33.4 Å². The number of nitrogens with zero attached hydrogens (tertiary/aromatic N) is 3. The van der Waals surface area contributed by atoms with Crippen LogP contribution in [-0.2, 0) is 0 Å². The van der Waals surface area contributed by atoms with Gasteiger partial charge in [0.25, 0.3) is 5.91 Å². The van der Waals surface area contributed by atoms with Crippen molar-refractivity contribution in [3.05, 3.63) is 87.5 Å². The number of fused-ring (bicyclic) bond motifs is 1. The van der Waals surface area contributed by atoms with Crippen molar-refractivity contribution in [3.63, 3.8) is 0 Å². The fourth-order valence-corrected chi connectivity index (χ4v) is 5.13. The Balaban J connectivity index is 1.67. The minimum Gasteiger partial charge on any atom is -0.478 e. The van der Waals surface area contributed by atoms with Crippen LogP contribution in [0.5, 0.6) is 0 Å². The maximum Gasteiger partial charge on any atom is 0.420 e. The van der Waals surface area contributed by atoms with Crippen LogP contribution in [0.1, 0.15) is 39.6 Å². The van der Waals surface area contributed by atoms with Gasteiger partial charge >= 0.3 is 12.1 Å². The van der Waals surface area contributed by atoms with Crippen LogP contribution in [0, 0.1) is 6.92 Å². The summed E-state index contributed by atoms with van der Waals surface area (Å²) in [6.45, 7) is 1.27. The van der Waals surface area contributed by atoms with Crippen LogP contribution in [0.15, 0.2) is 60.8 Å². The number of carbonyl (C=O) groups is 2. The van der Waals surface area contributed by atoms with Gasteiger partial charge in [-0.1, -0.05) is 42.3 Å². The fraction of sp³-hybridized carbons (Fsp3) is 0.276. The zero-order chi connectivity index (χ0) is 30.8. The molecule has 4 aromatic rings. The quantitative estimate of drug-likeness (QED) is 0.184. The monoisotopic (exact) mass is 622 g/mol. The predicted octanol–water partition coefficient (Wildman–Crippen LogP) is 6.60. The smallest absolute Gasteiger partial charge is 0.420 e. The molecule has 3 aromatic carbocycles. The van der Waals surface area contributed by atoms with Crippen molar-refractivity contribution in [2.45, 2.75) is 32.0 Å². The zero-order valence-corrected chi connectivity index (χ0v) is 24.1. The molecule has 13 heteroatoms. The number of anilines is 1. The Labute approximate surface area is 249 Å². The van der Waals surface area contributed by atoms with Crippen molar-refractivity contribution in [3.8, 4) is 5.69 Å². The molecule has 0 aliphatic carbocycles.